The van der Waals surface area contributed by atoms with Gasteiger partial charge in [-0.25, -0.2) is 15.0 Å². The normalized spacial score (nSPS) is 14.3. The summed E-state index contributed by atoms with van der Waals surface area (Å²) < 4.78 is 6.62. The van der Waals surface area contributed by atoms with Crippen molar-refractivity contribution in [2.75, 3.05) is 31.2 Å². The lowest BCUT2D eigenvalue weighted by Gasteiger charge is -2.27. The largest absolute Gasteiger partial charge is 0.378 e. The predicted octanol–water partition coefficient (Wildman–Crippen LogP) is -0.197. The summed E-state index contributed by atoms with van der Waals surface area (Å²) in [5, 5.41) is 2.79. The number of hydrogen-bond acceptors (Lipinski definition) is 7. The lowest BCUT2D eigenvalue weighted by molar-refractivity contribution is -0.121. The second kappa shape index (κ2) is 8.05. The number of nitrogens with zero attached hydrogens (tertiary/aromatic N) is 5. The van der Waals surface area contributed by atoms with Crippen LogP contribution in [-0.2, 0) is 22.6 Å². The molecule has 3 heterocycles. The summed E-state index contributed by atoms with van der Waals surface area (Å²) in [6.45, 7) is 6.63. The fraction of sp³-hybridized carbons (Fsp3) is 0.471. The molecule has 26 heavy (non-hydrogen) atoms. The summed E-state index contributed by atoms with van der Waals surface area (Å²) in [5.41, 5.74) is 1.94. The molecule has 1 amide bonds. The van der Waals surface area contributed by atoms with E-state index in [1.807, 2.05) is 13.0 Å². The number of amides is 1. The van der Waals surface area contributed by atoms with Gasteiger partial charge in [0.1, 0.15) is 6.54 Å². The third-order valence-corrected chi connectivity index (χ3v) is 3.99. The molecule has 3 rings (SSSR count). The standard InChI is InChI=1S/C17H22N6O3/c1-12-8-16(25)23(11-19-12)10-15(24)18-9-14-7-13(2)20-17(21-14)22-3-5-26-6-4-22/h7-8,11H,3-6,9-10H2,1-2H3,(H,18,24). The van der Waals surface area contributed by atoms with E-state index in [0.29, 0.717) is 24.9 Å². The molecule has 1 aliphatic rings. The third-order valence-electron chi connectivity index (χ3n) is 3.99. The number of aryl methyl sites for hydroxylation is 2. The van der Waals surface area contributed by atoms with E-state index in [2.05, 4.69) is 25.2 Å². The van der Waals surface area contributed by atoms with Crippen LogP contribution in [0.4, 0.5) is 5.95 Å². The monoisotopic (exact) mass is 358 g/mol. The van der Waals surface area contributed by atoms with Gasteiger partial charge in [-0.3, -0.25) is 14.2 Å². The minimum absolute atomic E-state index is 0.0769. The number of hydrogen-bond donors (Lipinski definition) is 1. The Morgan fingerprint density at radius 2 is 1.96 bits per heavy atom. The third kappa shape index (κ3) is 4.63. The molecule has 138 valence electrons. The summed E-state index contributed by atoms with van der Waals surface area (Å²) in [6.07, 6.45) is 1.38. The average Bonchev–Trinajstić information content (AvgIpc) is 2.63. The van der Waals surface area contributed by atoms with E-state index in [1.165, 1.54) is 17.0 Å². The molecule has 1 N–H and O–H groups in total. The highest BCUT2D eigenvalue weighted by Gasteiger charge is 2.15. The van der Waals surface area contributed by atoms with Gasteiger partial charge in [-0.1, -0.05) is 0 Å². The minimum atomic E-state index is -0.276. The second-order valence-electron chi connectivity index (χ2n) is 6.17. The Kier molecular flexibility index (Phi) is 5.57. The van der Waals surface area contributed by atoms with Crippen LogP contribution in [0.2, 0.25) is 0 Å². The molecule has 0 aliphatic carbocycles. The van der Waals surface area contributed by atoms with Crippen LogP contribution in [0.1, 0.15) is 17.1 Å². The number of rotatable bonds is 5. The summed E-state index contributed by atoms with van der Waals surface area (Å²) in [7, 11) is 0. The molecule has 9 heteroatoms. The molecular weight excluding hydrogens is 336 g/mol. The van der Waals surface area contributed by atoms with Gasteiger partial charge in [0.2, 0.25) is 11.9 Å². The Morgan fingerprint density at radius 3 is 2.69 bits per heavy atom. The predicted molar refractivity (Wildman–Crippen MR) is 94.9 cm³/mol. The first-order valence-electron chi connectivity index (χ1n) is 8.48. The van der Waals surface area contributed by atoms with Gasteiger partial charge in [-0.05, 0) is 19.9 Å². The molecule has 1 saturated heterocycles. The van der Waals surface area contributed by atoms with Crippen LogP contribution in [0.25, 0.3) is 0 Å². The van der Waals surface area contributed by atoms with Crippen LogP contribution in [-0.4, -0.2) is 51.7 Å². The van der Waals surface area contributed by atoms with Crippen LogP contribution >= 0.6 is 0 Å². The van der Waals surface area contributed by atoms with Gasteiger partial charge in [0.25, 0.3) is 5.56 Å². The number of aromatic nitrogens is 4. The highest BCUT2D eigenvalue weighted by atomic mass is 16.5. The van der Waals surface area contributed by atoms with Crippen LogP contribution < -0.4 is 15.8 Å². The Balaban J connectivity index is 1.62. The van der Waals surface area contributed by atoms with Crippen LogP contribution in [0.5, 0.6) is 0 Å². The second-order valence-corrected chi connectivity index (χ2v) is 6.17. The number of nitrogens with one attached hydrogen (secondary N) is 1. The van der Waals surface area contributed by atoms with Gasteiger partial charge < -0.3 is 15.0 Å². The average molecular weight is 358 g/mol. The maximum Gasteiger partial charge on any atom is 0.253 e. The Labute approximate surface area is 151 Å². The maximum absolute atomic E-state index is 12.1. The molecule has 0 spiro atoms. The first-order valence-corrected chi connectivity index (χ1v) is 8.48. The highest BCUT2D eigenvalue weighted by molar-refractivity contribution is 5.75. The van der Waals surface area contributed by atoms with E-state index in [1.54, 1.807) is 6.92 Å². The summed E-state index contributed by atoms with van der Waals surface area (Å²) in [4.78, 5) is 39.0. The molecule has 0 atom stereocenters. The summed E-state index contributed by atoms with van der Waals surface area (Å²) in [6, 6.07) is 3.24. The van der Waals surface area contributed by atoms with Crippen molar-refractivity contribution >= 4 is 11.9 Å². The number of ether oxygens (including phenoxy) is 1. The molecular formula is C17H22N6O3. The molecule has 1 aliphatic heterocycles. The zero-order chi connectivity index (χ0) is 18.5. The van der Waals surface area contributed by atoms with Crippen LogP contribution in [0, 0.1) is 13.8 Å². The molecule has 2 aromatic heterocycles. The minimum Gasteiger partial charge on any atom is -0.378 e. The molecule has 0 saturated carbocycles. The van der Waals surface area contributed by atoms with Gasteiger partial charge in [0, 0.05) is 30.5 Å². The molecule has 2 aromatic rings. The van der Waals surface area contributed by atoms with E-state index < -0.39 is 0 Å². The van der Waals surface area contributed by atoms with Gasteiger partial charge in [-0.2, -0.15) is 0 Å². The van der Waals surface area contributed by atoms with Crippen molar-refractivity contribution in [2.24, 2.45) is 0 Å². The summed E-state index contributed by atoms with van der Waals surface area (Å²) in [5.74, 6) is 0.374. The van der Waals surface area contributed by atoms with E-state index in [4.69, 9.17) is 4.74 Å². The lowest BCUT2D eigenvalue weighted by Crippen LogP contribution is -2.37. The van der Waals surface area contributed by atoms with E-state index in [-0.39, 0.29) is 24.6 Å². The van der Waals surface area contributed by atoms with Gasteiger partial charge in [-0.15, -0.1) is 0 Å². The maximum atomic E-state index is 12.1. The van der Waals surface area contributed by atoms with Gasteiger partial charge in [0.05, 0.1) is 31.8 Å². The number of morpholine rings is 1. The SMILES string of the molecule is Cc1cc(=O)n(CC(=O)NCc2cc(C)nc(N3CCOCC3)n2)cn1. The Morgan fingerprint density at radius 1 is 1.19 bits per heavy atom. The molecule has 9 nitrogen and oxygen atoms in total. The highest BCUT2D eigenvalue weighted by Crippen LogP contribution is 2.12. The smallest absolute Gasteiger partial charge is 0.253 e. The molecule has 0 aromatic carbocycles. The van der Waals surface area contributed by atoms with Crippen molar-refractivity contribution in [1.29, 1.82) is 0 Å². The van der Waals surface area contributed by atoms with Gasteiger partial charge in [0.15, 0.2) is 0 Å². The van der Waals surface area contributed by atoms with E-state index >= 15 is 0 Å². The van der Waals surface area contributed by atoms with E-state index in [9.17, 15) is 9.59 Å². The first kappa shape index (κ1) is 18.0. The van der Waals surface area contributed by atoms with Gasteiger partial charge >= 0.3 is 0 Å². The first-order chi connectivity index (χ1) is 12.5. The summed E-state index contributed by atoms with van der Waals surface area (Å²) >= 11 is 0. The van der Waals surface area contributed by atoms with Crippen molar-refractivity contribution < 1.29 is 9.53 Å². The van der Waals surface area contributed by atoms with Crippen molar-refractivity contribution in [1.82, 2.24) is 24.8 Å². The zero-order valence-electron chi connectivity index (χ0n) is 14.9. The number of carbonyl (C=O) groups is 1. The lowest BCUT2D eigenvalue weighted by atomic mass is 10.3. The Bertz CT molecular complexity index is 845. The van der Waals surface area contributed by atoms with E-state index in [0.717, 1.165) is 24.5 Å². The number of carbonyl (C=O) groups excluding carboxylic acids is 1. The molecule has 1 fully saturated rings. The Hall–Kier alpha value is -2.81. The van der Waals surface area contributed by atoms with Crippen molar-refractivity contribution in [3.8, 4) is 0 Å². The molecule has 0 bridgehead atoms. The quantitative estimate of drug-likeness (QED) is 0.790. The van der Waals surface area contributed by atoms with Crippen LogP contribution in [0.15, 0.2) is 23.3 Å². The zero-order valence-corrected chi connectivity index (χ0v) is 14.9. The molecule has 0 radical (unpaired) electrons. The fourth-order valence-corrected chi connectivity index (χ4v) is 2.65. The fourth-order valence-electron chi connectivity index (χ4n) is 2.65. The van der Waals surface area contributed by atoms with Crippen LogP contribution in [0.3, 0.4) is 0 Å². The van der Waals surface area contributed by atoms with Crippen molar-refractivity contribution in [2.45, 2.75) is 26.9 Å². The van der Waals surface area contributed by atoms with Crippen molar-refractivity contribution in [3.05, 3.63) is 45.9 Å². The molecule has 0 unspecified atom stereocenters. The van der Waals surface area contributed by atoms with Crippen molar-refractivity contribution in [3.63, 3.8) is 0 Å². The number of anilines is 1. The topological polar surface area (TPSA) is 102 Å².